The van der Waals surface area contributed by atoms with Crippen molar-refractivity contribution in [1.82, 2.24) is 4.98 Å². The SMILES string of the molecule is CCCc1ccc(-c2nc(CN)sc2C#N)cc1. The van der Waals surface area contributed by atoms with Crippen molar-refractivity contribution in [3.63, 3.8) is 0 Å². The molecule has 0 aliphatic heterocycles. The number of benzene rings is 1. The topological polar surface area (TPSA) is 62.7 Å². The average Bonchev–Trinajstić information content (AvgIpc) is 2.83. The van der Waals surface area contributed by atoms with Gasteiger partial charge >= 0.3 is 0 Å². The van der Waals surface area contributed by atoms with Crippen LogP contribution in [0.15, 0.2) is 24.3 Å². The Balaban J connectivity index is 2.36. The summed E-state index contributed by atoms with van der Waals surface area (Å²) in [5.41, 5.74) is 8.62. The summed E-state index contributed by atoms with van der Waals surface area (Å²) in [5, 5.41) is 9.91. The van der Waals surface area contributed by atoms with Crippen molar-refractivity contribution in [2.45, 2.75) is 26.3 Å². The van der Waals surface area contributed by atoms with E-state index in [1.54, 1.807) is 0 Å². The van der Waals surface area contributed by atoms with E-state index in [2.05, 4.69) is 30.1 Å². The molecule has 0 aliphatic carbocycles. The Kier molecular flexibility index (Phi) is 4.08. The number of nitrogens with two attached hydrogens (primary N) is 1. The van der Waals surface area contributed by atoms with Gasteiger partial charge in [0.2, 0.25) is 0 Å². The summed E-state index contributed by atoms with van der Waals surface area (Å²) in [6.07, 6.45) is 2.22. The van der Waals surface area contributed by atoms with Crippen LogP contribution in [-0.4, -0.2) is 4.98 Å². The van der Waals surface area contributed by atoms with Crippen LogP contribution in [-0.2, 0) is 13.0 Å². The molecule has 0 amide bonds. The molecule has 4 heteroatoms. The molecule has 1 aromatic carbocycles. The molecule has 0 atom stereocenters. The van der Waals surface area contributed by atoms with Crippen LogP contribution in [0.25, 0.3) is 11.3 Å². The van der Waals surface area contributed by atoms with Crippen molar-refractivity contribution in [2.24, 2.45) is 5.73 Å². The molecular weight excluding hydrogens is 242 g/mol. The first kappa shape index (κ1) is 12.7. The van der Waals surface area contributed by atoms with Gasteiger partial charge in [-0.1, -0.05) is 37.6 Å². The second kappa shape index (κ2) is 5.76. The third-order valence-corrected chi connectivity index (χ3v) is 3.70. The van der Waals surface area contributed by atoms with Crippen LogP contribution in [0.5, 0.6) is 0 Å². The molecule has 0 saturated heterocycles. The van der Waals surface area contributed by atoms with Crippen LogP contribution >= 0.6 is 11.3 Å². The molecule has 2 N–H and O–H groups in total. The fourth-order valence-corrected chi connectivity index (χ4v) is 2.60. The first-order valence-electron chi connectivity index (χ1n) is 5.97. The molecule has 92 valence electrons. The molecule has 18 heavy (non-hydrogen) atoms. The molecule has 0 radical (unpaired) electrons. The number of hydrogen-bond donors (Lipinski definition) is 1. The Labute approximate surface area is 111 Å². The van der Waals surface area contributed by atoms with Crippen molar-refractivity contribution in [3.8, 4) is 17.3 Å². The molecule has 2 rings (SSSR count). The van der Waals surface area contributed by atoms with Gasteiger partial charge in [-0.25, -0.2) is 4.98 Å². The molecule has 3 nitrogen and oxygen atoms in total. The van der Waals surface area contributed by atoms with E-state index in [9.17, 15) is 0 Å². The van der Waals surface area contributed by atoms with Gasteiger partial charge < -0.3 is 5.73 Å². The minimum atomic E-state index is 0.382. The summed E-state index contributed by atoms with van der Waals surface area (Å²) in [6, 6.07) is 10.4. The van der Waals surface area contributed by atoms with Gasteiger partial charge in [0.15, 0.2) is 0 Å². The third-order valence-electron chi connectivity index (χ3n) is 2.71. The summed E-state index contributed by atoms with van der Waals surface area (Å²) >= 11 is 1.37. The Hall–Kier alpha value is -1.70. The highest BCUT2D eigenvalue weighted by atomic mass is 32.1. The number of nitriles is 1. The smallest absolute Gasteiger partial charge is 0.132 e. The van der Waals surface area contributed by atoms with Crippen molar-refractivity contribution in [2.75, 3.05) is 0 Å². The van der Waals surface area contributed by atoms with Gasteiger partial charge in [-0.2, -0.15) is 5.26 Å². The van der Waals surface area contributed by atoms with Crippen molar-refractivity contribution in [3.05, 3.63) is 39.7 Å². The van der Waals surface area contributed by atoms with E-state index >= 15 is 0 Å². The number of aryl methyl sites for hydroxylation is 1. The van der Waals surface area contributed by atoms with Crippen molar-refractivity contribution >= 4 is 11.3 Å². The van der Waals surface area contributed by atoms with Crippen LogP contribution < -0.4 is 5.73 Å². The second-order valence-corrected chi connectivity index (χ2v) is 5.13. The fraction of sp³-hybridized carbons (Fsp3) is 0.286. The van der Waals surface area contributed by atoms with Crippen molar-refractivity contribution in [1.29, 1.82) is 5.26 Å². The molecule has 0 fully saturated rings. The Morgan fingerprint density at radius 1 is 1.33 bits per heavy atom. The summed E-state index contributed by atoms with van der Waals surface area (Å²) in [7, 11) is 0. The number of hydrogen-bond acceptors (Lipinski definition) is 4. The first-order valence-corrected chi connectivity index (χ1v) is 6.79. The molecule has 0 saturated carbocycles. The lowest BCUT2D eigenvalue weighted by molar-refractivity contribution is 0.922. The maximum Gasteiger partial charge on any atom is 0.132 e. The standard InChI is InChI=1S/C14H15N3S/c1-2-3-10-4-6-11(7-5-10)14-12(8-15)18-13(9-16)17-14/h4-7H,2-3,9,16H2,1H3. The maximum atomic E-state index is 9.11. The lowest BCUT2D eigenvalue weighted by Gasteiger charge is -2.01. The van der Waals surface area contributed by atoms with E-state index in [1.807, 2.05) is 12.1 Å². The normalized spacial score (nSPS) is 10.3. The second-order valence-electron chi connectivity index (χ2n) is 4.05. The van der Waals surface area contributed by atoms with E-state index in [1.165, 1.54) is 16.9 Å². The van der Waals surface area contributed by atoms with Gasteiger partial charge in [-0.15, -0.1) is 11.3 Å². The number of rotatable bonds is 4. The van der Waals surface area contributed by atoms with Gasteiger partial charge in [0, 0.05) is 12.1 Å². The predicted octanol–water partition coefficient (Wildman–Crippen LogP) is 3.09. The van der Waals surface area contributed by atoms with Gasteiger partial charge in [0.1, 0.15) is 16.0 Å². The van der Waals surface area contributed by atoms with Crippen LogP contribution in [0.3, 0.4) is 0 Å². The van der Waals surface area contributed by atoms with Gasteiger partial charge in [0.25, 0.3) is 0 Å². The minimum absolute atomic E-state index is 0.382. The molecule has 0 aliphatic rings. The van der Waals surface area contributed by atoms with E-state index in [4.69, 9.17) is 11.0 Å². The zero-order chi connectivity index (χ0) is 13.0. The zero-order valence-electron chi connectivity index (χ0n) is 10.3. The van der Waals surface area contributed by atoms with Crippen LogP contribution in [0, 0.1) is 11.3 Å². The zero-order valence-corrected chi connectivity index (χ0v) is 11.1. The van der Waals surface area contributed by atoms with Gasteiger partial charge in [-0.3, -0.25) is 0 Å². The highest BCUT2D eigenvalue weighted by Gasteiger charge is 2.11. The lowest BCUT2D eigenvalue weighted by atomic mass is 10.1. The van der Waals surface area contributed by atoms with E-state index in [-0.39, 0.29) is 0 Å². The largest absolute Gasteiger partial charge is 0.325 e. The fourth-order valence-electron chi connectivity index (χ4n) is 1.84. The Morgan fingerprint density at radius 2 is 2.06 bits per heavy atom. The quantitative estimate of drug-likeness (QED) is 0.915. The van der Waals surface area contributed by atoms with Crippen LogP contribution in [0.2, 0.25) is 0 Å². The van der Waals surface area contributed by atoms with Crippen molar-refractivity contribution < 1.29 is 0 Å². The highest BCUT2D eigenvalue weighted by Crippen LogP contribution is 2.27. The van der Waals surface area contributed by atoms with Gasteiger partial charge in [0.05, 0.1) is 5.69 Å². The molecule has 2 aromatic rings. The first-order chi connectivity index (χ1) is 8.78. The molecule has 0 unspecified atom stereocenters. The molecule has 1 heterocycles. The van der Waals surface area contributed by atoms with E-state index in [0.29, 0.717) is 11.4 Å². The number of nitrogens with zero attached hydrogens (tertiary/aromatic N) is 2. The summed E-state index contributed by atoms with van der Waals surface area (Å²) < 4.78 is 0. The summed E-state index contributed by atoms with van der Waals surface area (Å²) in [6.45, 7) is 2.54. The Bertz CT molecular complexity index is 564. The minimum Gasteiger partial charge on any atom is -0.325 e. The third kappa shape index (κ3) is 2.58. The van der Waals surface area contributed by atoms with E-state index < -0.39 is 0 Å². The molecule has 1 aromatic heterocycles. The summed E-state index contributed by atoms with van der Waals surface area (Å²) in [5.74, 6) is 0. The van der Waals surface area contributed by atoms with E-state index in [0.717, 1.165) is 29.1 Å². The number of thiazole rings is 1. The summed E-state index contributed by atoms with van der Waals surface area (Å²) in [4.78, 5) is 5.05. The molecule has 0 bridgehead atoms. The average molecular weight is 257 g/mol. The monoisotopic (exact) mass is 257 g/mol. The molecule has 0 spiro atoms. The molecular formula is C14H15N3S. The lowest BCUT2D eigenvalue weighted by Crippen LogP contribution is -1.94. The van der Waals surface area contributed by atoms with Crippen LogP contribution in [0.4, 0.5) is 0 Å². The van der Waals surface area contributed by atoms with Gasteiger partial charge in [-0.05, 0) is 12.0 Å². The predicted molar refractivity (Wildman–Crippen MR) is 74.2 cm³/mol. The van der Waals surface area contributed by atoms with Crippen LogP contribution in [0.1, 0.15) is 28.8 Å². The maximum absolute atomic E-state index is 9.11. The number of aromatic nitrogens is 1. The Morgan fingerprint density at radius 3 is 2.61 bits per heavy atom. The highest BCUT2D eigenvalue weighted by molar-refractivity contribution is 7.12.